The van der Waals surface area contributed by atoms with Crippen LogP contribution in [0.3, 0.4) is 0 Å². The Balaban J connectivity index is 2.09. The Kier molecular flexibility index (Phi) is 3.68. The summed E-state index contributed by atoms with van der Waals surface area (Å²) in [5.41, 5.74) is 0.399. The Bertz CT molecular complexity index is 918. The zero-order chi connectivity index (χ0) is 15.6. The number of nitrogens with one attached hydrogen (secondary N) is 1. The molecular formula is C16H14N2O3S. The molecule has 0 bridgehead atoms. The van der Waals surface area contributed by atoms with E-state index in [4.69, 9.17) is 4.74 Å². The van der Waals surface area contributed by atoms with E-state index in [1.807, 2.05) is 6.07 Å². The van der Waals surface area contributed by atoms with Crippen molar-refractivity contribution in [1.82, 2.24) is 4.98 Å². The normalized spacial score (nSPS) is 11.3. The molecule has 112 valence electrons. The number of hydrogen-bond acceptors (Lipinski definition) is 4. The van der Waals surface area contributed by atoms with Crippen molar-refractivity contribution in [3.63, 3.8) is 0 Å². The lowest BCUT2D eigenvalue weighted by atomic mass is 10.2. The molecule has 0 unspecified atom stereocenters. The number of sulfonamides is 1. The minimum absolute atomic E-state index is 0.207. The highest BCUT2D eigenvalue weighted by Gasteiger charge is 2.18. The molecule has 1 N–H and O–H groups in total. The van der Waals surface area contributed by atoms with Gasteiger partial charge in [-0.1, -0.05) is 24.3 Å². The molecule has 0 atom stereocenters. The van der Waals surface area contributed by atoms with E-state index in [1.54, 1.807) is 54.9 Å². The number of methoxy groups -OCH3 is 1. The molecule has 0 spiro atoms. The number of ether oxygens (including phenoxy) is 1. The summed E-state index contributed by atoms with van der Waals surface area (Å²) in [4.78, 5) is 4.22. The first-order valence-electron chi connectivity index (χ1n) is 6.60. The van der Waals surface area contributed by atoms with E-state index in [-0.39, 0.29) is 4.90 Å². The maximum atomic E-state index is 12.7. The second-order valence-electron chi connectivity index (χ2n) is 4.66. The van der Waals surface area contributed by atoms with Crippen LogP contribution in [-0.4, -0.2) is 20.5 Å². The smallest absolute Gasteiger partial charge is 0.262 e. The fraction of sp³-hybridized carbons (Fsp3) is 0.0625. The van der Waals surface area contributed by atoms with Crippen LogP contribution in [0.4, 0.5) is 5.69 Å². The lowest BCUT2D eigenvalue weighted by Gasteiger charge is -2.13. The summed E-state index contributed by atoms with van der Waals surface area (Å²) in [6.45, 7) is 0. The van der Waals surface area contributed by atoms with Crippen LogP contribution in [0.15, 0.2) is 65.8 Å². The van der Waals surface area contributed by atoms with Crippen molar-refractivity contribution in [2.24, 2.45) is 0 Å². The van der Waals surface area contributed by atoms with Gasteiger partial charge < -0.3 is 4.74 Å². The van der Waals surface area contributed by atoms with Gasteiger partial charge in [-0.25, -0.2) is 8.42 Å². The minimum Gasteiger partial charge on any atom is -0.495 e. The zero-order valence-electron chi connectivity index (χ0n) is 11.9. The number of anilines is 1. The monoisotopic (exact) mass is 314 g/mol. The molecule has 1 aromatic heterocycles. The van der Waals surface area contributed by atoms with Crippen LogP contribution in [0.5, 0.6) is 5.75 Å². The molecule has 0 fully saturated rings. The molecule has 0 radical (unpaired) electrons. The predicted octanol–water partition coefficient (Wildman–Crippen LogP) is 3.04. The maximum absolute atomic E-state index is 12.7. The summed E-state index contributed by atoms with van der Waals surface area (Å²) >= 11 is 0. The van der Waals surface area contributed by atoms with Gasteiger partial charge in [0.05, 0.1) is 17.7 Å². The summed E-state index contributed by atoms with van der Waals surface area (Å²) in [7, 11) is -2.23. The molecule has 3 rings (SSSR count). The van der Waals surface area contributed by atoms with Crippen molar-refractivity contribution in [3.05, 3.63) is 60.9 Å². The molecular weight excluding hydrogens is 300 g/mol. The Morgan fingerprint density at radius 2 is 1.86 bits per heavy atom. The standard InChI is InChI=1S/C16H14N2O3S/c1-21-15-7-3-2-6-14(15)18-22(19,20)16-8-4-5-12-11-17-10-9-13(12)16/h2-11,18H,1H3. The SMILES string of the molecule is COc1ccccc1NS(=O)(=O)c1cccc2cnccc12. The van der Waals surface area contributed by atoms with Crippen LogP contribution < -0.4 is 9.46 Å². The molecule has 3 aromatic rings. The first kappa shape index (κ1) is 14.3. The van der Waals surface area contributed by atoms with Crippen molar-refractivity contribution in [2.45, 2.75) is 4.90 Å². The van der Waals surface area contributed by atoms with Gasteiger partial charge in [0.25, 0.3) is 10.0 Å². The van der Waals surface area contributed by atoms with Crippen molar-refractivity contribution in [1.29, 1.82) is 0 Å². The number of pyridine rings is 1. The number of rotatable bonds is 4. The third kappa shape index (κ3) is 2.60. The highest BCUT2D eigenvalue weighted by molar-refractivity contribution is 7.93. The van der Waals surface area contributed by atoms with E-state index < -0.39 is 10.0 Å². The summed E-state index contributed by atoms with van der Waals surface area (Å²) < 4.78 is 33.1. The number of para-hydroxylation sites is 2. The van der Waals surface area contributed by atoms with Crippen LogP contribution in [-0.2, 0) is 10.0 Å². The summed E-state index contributed by atoms with van der Waals surface area (Å²) in [6, 6.07) is 13.7. The van der Waals surface area contributed by atoms with Gasteiger partial charge in [0.15, 0.2) is 0 Å². The highest BCUT2D eigenvalue weighted by atomic mass is 32.2. The molecule has 0 saturated heterocycles. The van der Waals surface area contributed by atoms with Crippen LogP contribution in [0.1, 0.15) is 0 Å². The van der Waals surface area contributed by atoms with Gasteiger partial charge in [-0.2, -0.15) is 0 Å². The van der Waals surface area contributed by atoms with Crippen molar-refractivity contribution >= 4 is 26.5 Å². The maximum Gasteiger partial charge on any atom is 0.262 e. The Morgan fingerprint density at radius 3 is 2.68 bits per heavy atom. The van der Waals surface area contributed by atoms with Gasteiger partial charge in [-0.15, -0.1) is 0 Å². The van der Waals surface area contributed by atoms with Crippen LogP contribution in [0, 0.1) is 0 Å². The van der Waals surface area contributed by atoms with E-state index in [0.29, 0.717) is 16.8 Å². The summed E-state index contributed by atoms with van der Waals surface area (Å²) in [5, 5.41) is 1.39. The average molecular weight is 314 g/mol. The Morgan fingerprint density at radius 1 is 1.05 bits per heavy atom. The zero-order valence-corrected chi connectivity index (χ0v) is 12.7. The minimum atomic E-state index is -3.73. The molecule has 2 aromatic carbocycles. The number of hydrogen-bond donors (Lipinski definition) is 1. The van der Waals surface area contributed by atoms with Gasteiger partial charge in [0, 0.05) is 23.2 Å². The molecule has 0 aliphatic carbocycles. The highest BCUT2D eigenvalue weighted by Crippen LogP contribution is 2.28. The van der Waals surface area contributed by atoms with E-state index in [0.717, 1.165) is 5.39 Å². The average Bonchev–Trinajstić information content (AvgIpc) is 2.54. The molecule has 6 heteroatoms. The molecule has 22 heavy (non-hydrogen) atoms. The topological polar surface area (TPSA) is 68.3 Å². The van der Waals surface area contributed by atoms with Gasteiger partial charge in [-0.05, 0) is 24.3 Å². The molecule has 0 aliphatic rings. The van der Waals surface area contributed by atoms with E-state index in [2.05, 4.69) is 9.71 Å². The molecule has 5 nitrogen and oxygen atoms in total. The largest absolute Gasteiger partial charge is 0.495 e. The number of fused-ring (bicyclic) bond motifs is 1. The lowest BCUT2D eigenvalue weighted by molar-refractivity contribution is 0.417. The van der Waals surface area contributed by atoms with Gasteiger partial charge in [0.2, 0.25) is 0 Å². The second kappa shape index (κ2) is 5.65. The van der Waals surface area contributed by atoms with Crippen LogP contribution in [0.25, 0.3) is 10.8 Å². The van der Waals surface area contributed by atoms with E-state index in [9.17, 15) is 8.42 Å². The molecule has 1 heterocycles. The van der Waals surface area contributed by atoms with Crippen LogP contribution in [0.2, 0.25) is 0 Å². The van der Waals surface area contributed by atoms with Crippen LogP contribution >= 0.6 is 0 Å². The third-order valence-electron chi connectivity index (χ3n) is 3.28. The second-order valence-corrected chi connectivity index (χ2v) is 6.31. The van der Waals surface area contributed by atoms with E-state index in [1.165, 1.54) is 7.11 Å². The Labute approximate surface area is 128 Å². The predicted molar refractivity (Wildman–Crippen MR) is 85.5 cm³/mol. The number of aromatic nitrogens is 1. The van der Waals surface area contributed by atoms with E-state index >= 15 is 0 Å². The molecule has 0 amide bonds. The first-order chi connectivity index (χ1) is 10.6. The van der Waals surface area contributed by atoms with Gasteiger partial charge >= 0.3 is 0 Å². The molecule has 0 aliphatic heterocycles. The van der Waals surface area contributed by atoms with Crippen molar-refractivity contribution in [2.75, 3.05) is 11.8 Å². The Hall–Kier alpha value is -2.60. The summed E-state index contributed by atoms with van der Waals surface area (Å²) in [5.74, 6) is 0.466. The fourth-order valence-corrected chi connectivity index (χ4v) is 3.56. The van der Waals surface area contributed by atoms with Gasteiger partial charge in [-0.3, -0.25) is 9.71 Å². The van der Waals surface area contributed by atoms with Crippen molar-refractivity contribution < 1.29 is 13.2 Å². The number of nitrogens with zero attached hydrogens (tertiary/aromatic N) is 1. The van der Waals surface area contributed by atoms with Crippen molar-refractivity contribution in [3.8, 4) is 5.75 Å². The fourth-order valence-electron chi connectivity index (χ4n) is 2.26. The molecule has 0 saturated carbocycles. The number of benzene rings is 2. The van der Waals surface area contributed by atoms with Gasteiger partial charge in [0.1, 0.15) is 5.75 Å². The lowest BCUT2D eigenvalue weighted by Crippen LogP contribution is -2.14. The quantitative estimate of drug-likeness (QED) is 0.803. The summed E-state index contributed by atoms with van der Waals surface area (Å²) in [6.07, 6.45) is 3.21. The first-order valence-corrected chi connectivity index (χ1v) is 8.09. The third-order valence-corrected chi connectivity index (χ3v) is 4.71.